The number of halogens is 1. The third kappa shape index (κ3) is 3.90. The predicted molar refractivity (Wildman–Crippen MR) is 87.0 cm³/mol. The molecule has 6 heteroatoms. The number of rotatable bonds is 3. The van der Waals surface area contributed by atoms with E-state index in [0.29, 0.717) is 11.6 Å². The molecule has 0 aliphatic heterocycles. The van der Waals surface area contributed by atoms with Crippen LogP contribution in [0.15, 0.2) is 17.0 Å². The van der Waals surface area contributed by atoms with Gasteiger partial charge in [-0.25, -0.2) is 13.1 Å². The summed E-state index contributed by atoms with van der Waals surface area (Å²) in [4.78, 5) is 0.0729. The van der Waals surface area contributed by atoms with Crippen LogP contribution in [0.25, 0.3) is 0 Å². The summed E-state index contributed by atoms with van der Waals surface area (Å²) < 4.78 is 28.0. The maximum absolute atomic E-state index is 12.6. The van der Waals surface area contributed by atoms with Crippen molar-refractivity contribution in [1.29, 1.82) is 0 Å². The molecule has 3 N–H and O–H groups in total. The third-order valence-electron chi connectivity index (χ3n) is 4.28. The number of benzene rings is 1. The molecule has 0 spiro atoms. The molecule has 21 heavy (non-hydrogen) atoms. The zero-order chi connectivity index (χ0) is 15.6. The van der Waals surface area contributed by atoms with E-state index in [2.05, 4.69) is 11.6 Å². The molecule has 1 aliphatic rings. The molecule has 2 atom stereocenters. The molecule has 1 aromatic carbocycles. The fraction of sp³-hybridized carbons (Fsp3) is 0.600. The van der Waals surface area contributed by atoms with Gasteiger partial charge in [-0.2, -0.15) is 0 Å². The van der Waals surface area contributed by atoms with Gasteiger partial charge in [-0.1, -0.05) is 37.8 Å². The molecule has 0 radical (unpaired) electrons. The number of sulfonamides is 1. The largest absolute Gasteiger partial charge is 0.398 e. The van der Waals surface area contributed by atoms with Crippen molar-refractivity contribution in [1.82, 2.24) is 4.72 Å². The monoisotopic (exact) mass is 330 g/mol. The predicted octanol–water partition coefficient (Wildman–Crippen LogP) is 3.48. The molecule has 0 amide bonds. The van der Waals surface area contributed by atoms with E-state index >= 15 is 0 Å². The van der Waals surface area contributed by atoms with Gasteiger partial charge in [0.2, 0.25) is 10.0 Å². The van der Waals surface area contributed by atoms with E-state index in [4.69, 9.17) is 17.3 Å². The lowest BCUT2D eigenvalue weighted by Crippen LogP contribution is -2.38. The molecule has 0 saturated heterocycles. The Morgan fingerprint density at radius 3 is 2.62 bits per heavy atom. The second-order valence-electron chi connectivity index (χ2n) is 5.98. The van der Waals surface area contributed by atoms with Gasteiger partial charge < -0.3 is 5.73 Å². The average Bonchev–Trinajstić information content (AvgIpc) is 2.59. The summed E-state index contributed by atoms with van der Waals surface area (Å²) in [6.07, 6.45) is 5.32. The Balaban J connectivity index is 2.27. The minimum atomic E-state index is -3.64. The van der Waals surface area contributed by atoms with Gasteiger partial charge in [-0.3, -0.25) is 0 Å². The zero-order valence-corrected chi connectivity index (χ0v) is 14.1. The van der Waals surface area contributed by atoms with Gasteiger partial charge in [-0.05, 0) is 43.4 Å². The smallest absolute Gasteiger partial charge is 0.242 e. The van der Waals surface area contributed by atoms with Crippen LogP contribution in [0.4, 0.5) is 5.69 Å². The Morgan fingerprint density at radius 1 is 1.24 bits per heavy atom. The van der Waals surface area contributed by atoms with E-state index < -0.39 is 10.0 Å². The van der Waals surface area contributed by atoms with Gasteiger partial charge in [0.05, 0.1) is 5.02 Å². The first-order valence-electron chi connectivity index (χ1n) is 7.39. The molecule has 4 nitrogen and oxygen atoms in total. The second-order valence-corrected chi connectivity index (χ2v) is 8.07. The maximum atomic E-state index is 12.6. The number of nitrogens with one attached hydrogen (secondary N) is 1. The fourth-order valence-corrected chi connectivity index (χ4v) is 4.80. The number of nitrogens with two attached hydrogens (primary N) is 1. The maximum Gasteiger partial charge on any atom is 0.242 e. The average molecular weight is 331 g/mol. The Bertz CT molecular complexity index is 616. The number of nitrogen functional groups attached to an aromatic ring is 1. The highest BCUT2D eigenvalue weighted by atomic mass is 35.5. The van der Waals surface area contributed by atoms with E-state index in [1.54, 1.807) is 13.0 Å². The summed E-state index contributed by atoms with van der Waals surface area (Å²) in [6, 6.07) is 3.01. The fourth-order valence-electron chi connectivity index (χ4n) is 2.81. The minimum Gasteiger partial charge on any atom is -0.398 e. The lowest BCUT2D eigenvalue weighted by Gasteiger charge is -2.23. The van der Waals surface area contributed by atoms with Crippen LogP contribution in [0, 0.1) is 12.8 Å². The first kappa shape index (κ1) is 16.6. The van der Waals surface area contributed by atoms with Gasteiger partial charge in [0.1, 0.15) is 4.90 Å². The molecule has 1 saturated carbocycles. The molecule has 2 unspecified atom stereocenters. The summed E-state index contributed by atoms with van der Waals surface area (Å²) in [5.74, 6) is 0.337. The van der Waals surface area contributed by atoms with E-state index in [1.165, 1.54) is 12.5 Å². The molecule has 0 heterocycles. The van der Waals surface area contributed by atoms with Gasteiger partial charge in [0, 0.05) is 11.7 Å². The molecule has 0 aromatic heterocycles. The summed E-state index contributed by atoms with van der Waals surface area (Å²) in [7, 11) is -3.64. The van der Waals surface area contributed by atoms with Gasteiger partial charge >= 0.3 is 0 Å². The summed E-state index contributed by atoms with van der Waals surface area (Å²) in [5, 5.41) is 0.218. The Morgan fingerprint density at radius 2 is 1.90 bits per heavy atom. The minimum absolute atomic E-state index is 0.0314. The van der Waals surface area contributed by atoms with Crippen LogP contribution in [-0.2, 0) is 10.0 Å². The first-order valence-corrected chi connectivity index (χ1v) is 9.25. The van der Waals surface area contributed by atoms with E-state index in [1.807, 2.05) is 0 Å². The topological polar surface area (TPSA) is 72.2 Å². The first-order chi connectivity index (χ1) is 9.81. The van der Waals surface area contributed by atoms with E-state index in [0.717, 1.165) is 31.2 Å². The molecule has 0 bridgehead atoms. The molecule has 1 aromatic rings. The van der Waals surface area contributed by atoms with Crippen LogP contribution in [0.3, 0.4) is 0 Å². The highest BCUT2D eigenvalue weighted by Crippen LogP contribution is 2.29. The van der Waals surface area contributed by atoms with Gasteiger partial charge in [0.15, 0.2) is 0 Å². The van der Waals surface area contributed by atoms with Crippen molar-refractivity contribution in [3.05, 3.63) is 22.7 Å². The van der Waals surface area contributed by atoms with Crippen LogP contribution in [0.5, 0.6) is 0 Å². The number of hydrogen-bond acceptors (Lipinski definition) is 3. The third-order valence-corrected chi connectivity index (χ3v) is 6.23. The van der Waals surface area contributed by atoms with E-state index in [9.17, 15) is 8.42 Å². The van der Waals surface area contributed by atoms with E-state index in [-0.39, 0.29) is 16.0 Å². The second kappa shape index (κ2) is 6.55. The lowest BCUT2D eigenvalue weighted by molar-refractivity contribution is 0.399. The number of hydrogen-bond donors (Lipinski definition) is 2. The van der Waals surface area contributed by atoms with Crippen molar-refractivity contribution in [3.8, 4) is 0 Å². The van der Waals surface area contributed by atoms with Crippen LogP contribution in [0.2, 0.25) is 5.02 Å². The highest BCUT2D eigenvalue weighted by molar-refractivity contribution is 7.89. The Hall–Kier alpha value is -0.780. The van der Waals surface area contributed by atoms with Crippen molar-refractivity contribution in [2.45, 2.75) is 56.9 Å². The SMILES string of the molecule is Cc1cc(Cl)c(S(=O)(=O)NC2CCCCCC2C)cc1N. The van der Waals surface area contributed by atoms with Crippen LogP contribution >= 0.6 is 11.6 Å². The molecular weight excluding hydrogens is 308 g/mol. The van der Waals surface area contributed by atoms with Crippen LogP contribution in [-0.4, -0.2) is 14.5 Å². The van der Waals surface area contributed by atoms with Crippen molar-refractivity contribution in [2.75, 3.05) is 5.73 Å². The Kier molecular flexibility index (Phi) is 5.17. The summed E-state index contributed by atoms with van der Waals surface area (Å²) in [6.45, 7) is 3.90. The van der Waals surface area contributed by atoms with Crippen LogP contribution < -0.4 is 10.5 Å². The van der Waals surface area contributed by atoms with Gasteiger partial charge in [0.25, 0.3) is 0 Å². The van der Waals surface area contributed by atoms with Gasteiger partial charge in [-0.15, -0.1) is 0 Å². The van der Waals surface area contributed by atoms with Crippen molar-refractivity contribution in [3.63, 3.8) is 0 Å². The van der Waals surface area contributed by atoms with Crippen molar-refractivity contribution < 1.29 is 8.42 Å². The number of anilines is 1. The zero-order valence-electron chi connectivity index (χ0n) is 12.5. The number of aryl methyl sites for hydroxylation is 1. The summed E-state index contributed by atoms with van der Waals surface area (Å²) >= 11 is 6.10. The highest BCUT2D eigenvalue weighted by Gasteiger charge is 2.27. The standard InChI is InChI=1S/C15H23ClN2O2S/c1-10-6-4-3-5-7-14(10)18-21(19,20)15-9-13(17)11(2)8-12(15)16/h8-10,14,18H,3-7,17H2,1-2H3. The lowest BCUT2D eigenvalue weighted by atomic mass is 9.98. The van der Waals surface area contributed by atoms with Crippen LogP contribution in [0.1, 0.15) is 44.6 Å². The van der Waals surface area contributed by atoms with Crippen molar-refractivity contribution in [2.24, 2.45) is 5.92 Å². The van der Waals surface area contributed by atoms with Crippen molar-refractivity contribution >= 4 is 27.3 Å². The molecule has 1 fully saturated rings. The molecule has 2 rings (SSSR count). The molecule has 1 aliphatic carbocycles. The Labute approximate surface area is 132 Å². The molecular formula is C15H23ClN2O2S. The quantitative estimate of drug-likeness (QED) is 0.658. The molecule has 118 valence electrons. The normalized spacial score (nSPS) is 23.8. The summed E-state index contributed by atoms with van der Waals surface area (Å²) in [5.41, 5.74) is 7.04.